The Morgan fingerprint density at radius 1 is 1.35 bits per heavy atom. The number of carboxylic acids is 1. The van der Waals surface area contributed by atoms with Crippen molar-refractivity contribution in [1.82, 2.24) is 5.32 Å². The van der Waals surface area contributed by atoms with Gasteiger partial charge in [0.05, 0.1) is 26.7 Å². The van der Waals surface area contributed by atoms with Crippen LogP contribution in [0.1, 0.15) is 30.9 Å². The number of hydrogen-bond acceptors (Lipinski definition) is 5. The fourth-order valence-electron chi connectivity index (χ4n) is 2.55. The molecule has 2 rings (SSSR count). The number of carboxylic acid groups (broad SMARTS) is 1. The van der Waals surface area contributed by atoms with E-state index in [0.717, 1.165) is 6.42 Å². The molecule has 0 unspecified atom stereocenters. The summed E-state index contributed by atoms with van der Waals surface area (Å²) in [6.07, 6.45) is 0.746. The lowest BCUT2D eigenvalue weighted by atomic mass is 10.0. The largest absolute Gasteiger partial charge is 0.493 e. The summed E-state index contributed by atoms with van der Waals surface area (Å²) < 4.78 is 15.7. The van der Waals surface area contributed by atoms with E-state index >= 15 is 0 Å². The number of aliphatic carboxylic acids is 1. The van der Waals surface area contributed by atoms with Gasteiger partial charge in [0, 0.05) is 6.61 Å². The zero-order valence-corrected chi connectivity index (χ0v) is 13.2. The first-order valence-electron chi connectivity index (χ1n) is 7.41. The lowest BCUT2D eigenvalue weighted by molar-refractivity contribution is -0.138. The molecule has 1 heterocycles. The Morgan fingerprint density at radius 3 is 2.65 bits per heavy atom. The maximum absolute atomic E-state index is 12.2. The van der Waals surface area contributed by atoms with E-state index in [1.54, 1.807) is 18.2 Å². The van der Waals surface area contributed by atoms with E-state index in [0.29, 0.717) is 30.1 Å². The number of ether oxygens (including phenoxy) is 3. The van der Waals surface area contributed by atoms with Crippen molar-refractivity contribution in [3.63, 3.8) is 0 Å². The summed E-state index contributed by atoms with van der Waals surface area (Å²) >= 11 is 0. The van der Waals surface area contributed by atoms with Gasteiger partial charge in [-0.15, -0.1) is 0 Å². The molecule has 0 saturated carbocycles. The van der Waals surface area contributed by atoms with Crippen LogP contribution >= 0.6 is 0 Å². The van der Waals surface area contributed by atoms with Gasteiger partial charge in [-0.05, 0) is 30.5 Å². The molecule has 0 aromatic heterocycles. The summed E-state index contributed by atoms with van der Waals surface area (Å²) in [5, 5.41) is 11.9. The SMILES string of the molecule is COc1ccc([C@H](CC(=O)O)NC(=O)[C@H]2CCCO2)cc1OC. The molecule has 0 aliphatic carbocycles. The van der Waals surface area contributed by atoms with Crippen LogP contribution in [-0.4, -0.2) is 43.9 Å². The quantitative estimate of drug-likeness (QED) is 0.790. The van der Waals surface area contributed by atoms with Crippen LogP contribution in [0.2, 0.25) is 0 Å². The van der Waals surface area contributed by atoms with E-state index in [2.05, 4.69) is 5.32 Å². The molecule has 1 aliphatic rings. The maximum Gasteiger partial charge on any atom is 0.305 e. The van der Waals surface area contributed by atoms with Gasteiger partial charge in [0.25, 0.3) is 0 Å². The van der Waals surface area contributed by atoms with Gasteiger partial charge in [-0.3, -0.25) is 9.59 Å². The highest BCUT2D eigenvalue weighted by Crippen LogP contribution is 2.31. The average molecular weight is 323 g/mol. The minimum atomic E-state index is -1.00. The number of carbonyl (C=O) groups is 2. The van der Waals surface area contributed by atoms with Gasteiger partial charge in [-0.1, -0.05) is 6.07 Å². The van der Waals surface area contributed by atoms with Crippen molar-refractivity contribution in [2.24, 2.45) is 0 Å². The van der Waals surface area contributed by atoms with E-state index in [4.69, 9.17) is 19.3 Å². The predicted molar refractivity (Wildman–Crippen MR) is 81.7 cm³/mol. The van der Waals surface area contributed by atoms with Gasteiger partial charge in [0.2, 0.25) is 5.91 Å². The highest BCUT2D eigenvalue weighted by atomic mass is 16.5. The summed E-state index contributed by atoms with van der Waals surface area (Å²) in [6.45, 7) is 0.554. The van der Waals surface area contributed by atoms with Crippen molar-refractivity contribution in [2.75, 3.05) is 20.8 Å². The van der Waals surface area contributed by atoms with Crippen LogP contribution in [0.25, 0.3) is 0 Å². The molecule has 2 N–H and O–H groups in total. The fourth-order valence-corrected chi connectivity index (χ4v) is 2.55. The first kappa shape index (κ1) is 17.1. The first-order chi connectivity index (χ1) is 11.0. The normalized spacial score (nSPS) is 18.3. The number of carbonyl (C=O) groups excluding carboxylic acids is 1. The van der Waals surface area contributed by atoms with Crippen LogP contribution in [0.15, 0.2) is 18.2 Å². The fraction of sp³-hybridized carbons (Fsp3) is 0.500. The van der Waals surface area contributed by atoms with E-state index in [-0.39, 0.29) is 12.3 Å². The summed E-state index contributed by atoms with van der Waals surface area (Å²) in [6, 6.07) is 4.40. The Morgan fingerprint density at radius 2 is 2.09 bits per heavy atom. The minimum absolute atomic E-state index is 0.228. The predicted octanol–water partition coefficient (Wildman–Crippen LogP) is 1.51. The highest BCUT2D eigenvalue weighted by Gasteiger charge is 2.27. The zero-order chi connectivity index (χ0) is 16.8. The van der Waals surface area contributed by atoms with Crippen LogP contribution in [0, 0.1) is 0 Å². The lowest BCUT2D eigenvalue weighted by Crippen LogP contribution is -2.37. The van der Waals surface area contributed by atoms with Gasteiger partial charge < -0.3 is 24.6 Å². The standard InChI is InChI=1S/C16H21NO6/c1-21-12-6-5-10(8-14(12)22-2)11(9-15(18)19)17-16(20)13-4-3-7-23-13/h5-6,8,11,13H,3-4,7,9H2,1-2H3,(H,17,20)(H,18,19)/t11-,13+/m0/s1. The number of rotatable bonds is 7. The second kappa shape index (κ2) is 7.82. The molecule has 1 aromatic carbocycles. The summed E-state index contributed by atoms with van der Waals surface area (Å²) in [5.74, 6) is -0.275. The first-order valence-corrected chi connectivity index (χ1v) is 7.41. The van der Waals surface area contributed by atoms with Crippen molar-refractivity contribution >= 4 is 11.9 Å². The van der Waals surface area contributed by atoms with Gasteiger partial charge in [0.15, 0.2) is 11.5 Å². The summed E-state index contributed by atoms with van der Waals surface area (Å²) in [4.78, 5) is 23.3. The Hall–Kier alpha value is -2.28. The second-order valence-electron chi connectivity index (χ2n) is 5.28. The van der Waals surface area contributed by atoms with Crippen molar-refractivity contribution in [3.8, 4) is 11.5 Å². The molecule has 0 radical (unpaired) electrons. The summed E-state index contributed by atoms with van der Waals surface area (Å²) in [5.41, 5.74) is 0.636. The number of methoxy groups -OCH3 is 2. The Bertz CT molecular complexity index is 568. The molecule has 0 bridgehead atoms. The van der Waals surface area contributed by atoms with Crippen LogP contribution < -0.4 is 14.8 Å². The number of hydrogen-bond donors (Lipinski definition) is 2. The summed E-state index contributed by atoms with van der Waals surface area (Å²) in [7, 11) is 3.02. The van der Waals surface area contributed by atoms with E-state index in [1.807, 2.05) is 0 Å². The topological polar surface area (TPSA) is 94.1 Å². The van der Waals surface area contributed by atoms with Gasteiger partial charge in [-0.2, -0.15) is 0 Å². The van der Waals surface area contributed by atoms with Crippen molar-refractivity contribution in [1.29, 1.82) is 0 Å². The van der Waals surface area contributed by atoms with E-state index in [9.17, 15) is 9.59 Å². The Kier molecular flexibility index (Phi) is 5.81. The molecular weight excluding hydrogens is 302 g/mol. The van der Waals surface area contributed by atoms with Crippen molar-refractivity contribution in [2.45, 2.75) is 31.4 Å². The Labute approximate surface area is 134 Å². The third kappa shape index (κ3) is 4.35. The Balaban J connectivity index is 2.20. The van der Waals surface area contributed by atoms with Gasteiger partial charge in [0.1, 0.15) is 6.10 Å². The van der Waals surface area contributed by atoms with Gasteiger partial charge >= 0.3 is 5.97 Å². The van der Waals surface area contributed by atoms with Crippen LogP contribution in [-0.2, 0) is 14.3 Å². The molecule has 126 valence electrons. The lowest BCUT2D eigenvalue weighted by Gasteiger charge is -2.20. The molecule has 2 atom stereocenters. The number of amides is 1. The number of benzene rings is 1. The molecule has 7 heteroatoms. The van der Waals surface area contributed by atoms with Crippen LogP contribution in [0.3, 0.4) is 0 Å². The molecular formula is C16H21NO6. The monoisotopic (exact) mass is 323 g/mol. The van der Waals surface area contributed by atoms with Crippen molar-refractivity contribution < 1.29 is 28.9 Å². The molecule has 7 nitrogen and oxygen atoms in total. The average Bonchev–Trinajstić information content (AvgIpc) is 3.07. The van der Waals surface area contributed by atoms with Crippen molar-refractivity contribution in [3.05, 3.63) is 23.8 Å². The smallest absolute Gasteiger partial charge is 0.305 e. The van der Waals surface area contributed by atoms with Crippen LogP contribution in [0.5, 0.6) is 11.5 Å². The minimum Gasteiger partial charge on any atom is -0.493 e. The molecule has 0 spiro atoms. The molecule has 1 aromatic rings. The third-order valence-corrected chi connectivity index (χ3v) is 3.73. The van der Waals surface area contributed by atoms with Crippen LogP contribution in [0.4, 0.5) is 0 Å². The number of nitrogens with one attached hydrogen (secondary N) is 1. The molecule has 1 aliphatic heterocycles. The third-order valence-electron chi connectivity index (χ3n) is 3.73. The molecule has 1 fully saturated rings. The zero-order valence-electron chi connectivity index (χ0n) is 13.2. The van der Waals surface area contributed by atoms with Gasteiger partial charge in [-0.25, -0.2) is 0 Å². The second-order valence-corrected chi connectivity index (χ2v) is 5.28. The molecule has 23 heavy (non-hydrogen) atoms. The van der Waals surface area contributed by atoms with E-state index < -0.39 is 18.1 Å². The molecule has 1 saturated heterocycles. The maximum atomic E-state index is 12.2. The van der Waals surface area contributed by atoms with E-state index in [1.165, 1.54) is 14.2 Å². The molecule has 1 amide bonds. The highest BCUT2D eigenvalue weighted by molar-refractivity contribution is 5.82.